The number of nitrogens with zero attached hydrogens (tertiary/aromatic N) is 2. The maximum absolute atomic E-state index is 6.41. The van der Waals surface area contributed by atoms with Crippen LogP contribution in [-0.2, 0) is 13.5 Å². The highest BCUT2D eigenvalue weighted by atomic mass is 35.5. The molecule has 1 N–H and O–H groups in total. The van der Waals surface area contributed by atoms with Crippen LogP contribution in [-0.4, -0.2) is 44.9 Å². The highest BCUT2D eigenvalue weighted by Gasteiger charge is 2.26. The standard InChI is InChI=1S/C14H24ClN3S2/c1-4-5-16-11(13-9-19-6-7-20-13)8-12-14(15)10(2)17-18(12)3/h11,13,16H,4-9H2,1-3H3. The van der Waals surface area contributed by atoms with Gasteiger partial charge in [0.15, 0.2) is 0 Å². The van der Waals surface area contributed by atoms with Crippen molar-refractivity contribution in [2.75, 3.05) is 23.8 Å². The molecule has 3 nitrogen and oxygen atoms in total. The molecule has 114 valence electrons. The van der Waals surface area contributed by atoms with E-state index in [2.05, 4.69) is 40.9 Å². The average molecular weight is 334 g/mol. The van der Waals surface area contributed by atoms with Gasteiger partial charge in [-0.1, -0.05) is 18.5 Å². The van der Waals surface area contributed by atoms with E-state index >= 15 is 0 Å². The van der Waals surface area contributed by atoms with Gasteiger partial charge in [0.05, 0.1) is 16.4 Å². The monoisotopic (exact) mass is 333 g/mol. The van der Waals surface area contributed by atoms with Crippen molar-refractivity contribution in [3.8, 4) is 0 Å². The third-order valence-corrected chi connectivity index (χ3v) is 7.03. The molecule has 2 atom stereocenters. The molecule has 1 saturated heterocycles. The van der Waals surface area contributed by atoms with E-state index in [0.717, 1.165) is 29.4 Å². The van der Waals surface area contributed by atoms with Gasteiger partial charge in [0, 0.05) is 42.0 Å². The smallest absolute Gasteiger partial charge is 0.0847 e. The van der Waals surface area contributed by atoms with Crippen molar-refractivity contribution in [3.63, 3.8) is 0 Å². The highest BCUT2D eigenvalue weighted by Crippen LogP contribution is 2.29. The van der Waals surface area contributed by atoms with Crippen molar-refractivity contribution >= 4 is 35.1 Å². The molecule has 0 amide bonds. The Hall–Kier alpha value is 0.160. The van der Waals surface area contributed by atoms with Crippen LogP contribution in [0, 0.1) is 6.92 Å². The van der Waals surface area contributed by atoms with Gasteiger partial charge in [-0.15, -0.1) is 0 Å². The van der Waals surface area contributed by atoms with E-state index in [1.807, 2.05) is 18.7 Å². The Bertz CT molecular complexity index is 430. The summed E-state index contributed by atoms with van der Waals surface area (Å²) in [4.78, 5) is 0. The Morgan fingerprint density at radius 3 is 2.85 bits per heavy atom. The summed E-state index contributed by atoms with van der Waals surface area (Å²) in [5.41, 5.74) is 2.10. The van der Waals surface area contributed by atoms with Crippen LogP contribution < -0.4 is 5.32 Å². The zero-order valence-electron chi connectivity index (χ0n) is 12.5. The van der Waals surface area contributed by atoms with Crippen molar-refractivity contribution < 1.29 is 0 Å². The van der Waals surface area contributed by atoms with Crippen molar-refractivity contribution in [2.45, 2.75) is 38.0 Å². The fraction of sp³-hybridized carbons (Fsp3) is 0.786. The third kappa shape index (κ3) is 4.09. The SMILES string of the molecule is CCCNC(Cc1c(Cl)c(C)nn1C)C1CSCCS1. The molecular formula is C14H24ClN3S2. The number of halogens is 1. The molecule has 2 unspecified atom stereocenters. The van der Waals surface area contributed by atoms with Crippen LogP contribution in [0.4, 0.5) is 0 Å². The third-order valence-electron chi connectivity index (χ3n) is 3.62. The minimum atomic E-state index is 0.486. The lowest BCUT2D eigenvalue weighted by Gasteiger charge is -2.30. The van der Waals surface area contributed by atoms with Gasteiger partial charge in [0.2, 0.25) is 0 Å². The molecule has 1 aliphatic heterocycles. The summed E-state index contributed by atoms with van der Waals surface area (Å²) in [5.74, 6) is 3.78. The van der Waals surface area contributed by atoms with E-state index in [-0.39, 0.29) is 0 Å². The lowest BCUT2D eigenvalue weighted by molar-refractivity contribution is 0.491. The van der Waals surface area contributed by atoms with E-state index in [1.54, 1.807) is 0 Å². The number of thioether (sulfide) groups is 2. The summed E-state index contributed by atoms with van der Waals surface area (Å²) < 4.78 is 1.94. The molecule has 20 heavy (non-hydrogen) atoms. The molecule has 2 heterocycles. The first-order valence-corrected chi connectivity index (χ1v) is 9.82. The van der Waals surface area contributed by atoms with Crippen LogP contribution in [0.15, 0.2) is 0 Å². The average Bonchev–Trinajstić information content (AvgIpc) is 2.70. The van der Waals surface area contributed by atoms with E-state index in [9.17, 15) is 0 Å². The lowest BCUT2D eigenvalue weighted by Crippen LogP contribution is -2.43. The largest absolute Gasteiger partial charge is 0.312 e. The zero-order chi connectivity index (χ0) is 14.5. The highest BCUT2D eigenvalue weighted by molar-refractivity contribution is 8.06. The molecule has 0 bridgehead atoms. The minimum Gasteiger partial charge on any atom is -0.312 e. The van der Waals surface area contributed by atoms with Crippen LogP contribution in [0.3, 0.4) is 0 Å². The summed E-state index contributed by atoms with van der Waals surface area (Å²) in [6.07, 6.45) is 2.13. The van der Waals surface area contributed by atoms with Gasteiger partial charge in [0.25, 0.3) is 0 Å². The number of nitrogens with one attached hydrogen (secondary N) is 1. The first kappa shape index (κ1) is 16.5. The summed E-state index contributed by atoms with van der Waals surface area (Å²) >= 11 is 10.6. The van der Waals surface area contributed by atoms with E-state index in [0.29, 0.717) is 11.3 Å². The summed E-state index contributed by atoms with van der Waals surface area (Å²) in [7, 11) is 1.99. The van der Waals surface area contributed by atoms with Crippen LogP contribution in [0.25, 0.3) is 0 Å². The van der Waals surface area contributed by atoms with Crippen molar-refractivity contribution in [2.24, 2.45) is 7.05 Å². The van der Waals surface area contributed by atoms with Gasteiger partial charge in [-0.2, -0.15) is 28.6 Å². The first-order chi connectivity index (χ1) is 9.63. The summed E-state index contributed by atoms with van der Waals surface area (Å²) in [6.45, 7) is 5.26. The molecule has 2 rings (SSSR count). The Morgan fingerprint density at radius 1 is 1.50 bits per heavy atom. The van der Waals surface area contributed by atoms with Gasteiger partial charge in [-0.3, -0.25) is 4.68 Å². The Kier molecular flexibility index (Phi) is 6.59. The molecule has 0 aromatic carbocycles. The maximum Gasteiger partial charge on any atom is 0.0847 e. The van der Waals surface area contributed by atoms with Gasteiger partial charge >= 0.3 is 0 Å². The molecule has 0 aliphatic carbocycles. The Balaban J connectivity index is 2.09. The van der Waals surface area contributed by atoms with E-state index in [4.69, 9.17) is 11.6 Å². The molecule has 1 aliphatic rings. The zero-order valence-corrected chi connectivity index (χ0v) is 14.9. The second-order valence-corrected chi connectivity index (χ2v) is 8.09. The Labute approximate surface area is 135 Å². The molecule has 1 aromatic heterocycles. The van der Waals surface area contributed by atoms with Crippen molar-refractivity contribution in [3.05, 3.63) is 16.4 Å². The summed E-state index contributed by atoms with van der Waals surface area (Å²) in [5, 5.41) is 9.66. The Morgan fingerprint density at radius 2 is 2.30 bits per heavy atom. The fourth-order valence-electron chi connectivity index (χ4n) is 2.51. The minimum absolute atomic E-state index is 0.486. The second-order valence-electron chi connectivity index (χ2n) is 5.22. The van der Waals surface area contributed by atoms with Crippen LogP contribution >= 0.6 is 35.1 Å². The second kappa shape index (κ2) is 7.97. The quantitative estimate of drug-likeness (QED) is 0.866. The van der Waals surface area contributed by atoms with Crippen LogP contribution in [0.1, 0.15) is 24.7 Å². The number of aryl methyl sites for hydroxylation is 2. The normalized spacial score (nSPS) is 21.1. The molecular weight excluding hydrogens is 310 g/mol. The van der Waals surface area contributed by atoms with Gasteiger partial charge < -0.3 is 5.32 Å². The van der Waals surface area contributed by atoms with E-state index in [1.165, 1.54) is 23.7 Å². The van der Waals surface area contributed by atoms with Gasteiger partial charge in [-0.25, -0.2) is 0 Å². The first-order valence-electron chi connectivity index (χ1n) is 7.24. The van der Waals surface area contributed by atoms with Crippen LogP contribution in [0.2, 0.25) is 5.02 Å². The number of hydrogen-bond acceptors (Lipinski definition) is 4. The molecule has 1 aromatic rings. The van der Waals surface area contributed by atoms with Gasteiger partial charge in [-0.05, 0) is 19.9 Å². The number of rotatable bonds is 6. The maximum atomic E-state index is 6.41. The fourth-order valence-corrected chi connectivity index (χ4v) is 5.64. The summed E-state index contributed by atoms with van der Waals surface area (Å²) in [6, 6.07) is 0.486. The van der Waals surface area contributed by atoms with Crippen molar-refractivity contribution in [1.82, 2.24) is 15.1 Å². The molecule has 0 saturated carbocycles. The lowest BCUT2D eigenvalue weighted by atomic mass is 10.1. The topological polar surface area (TPSA) is 29.9 Å². The predicted molar refractivity (Wildman–Crippen MR) is 92.3 cm³/mol. The molecule has 0 spiro atoms. The van der Waals surface area contributed by atoms with Crippen molar-refractivity contribution in [1.29, 1.82) is 0 Å². The molecule has 0 radical (unpaired) electrons. The number of aromatic nitrogens is 2. The molecule has 1 fully saturated rings. The van der Waals surface area contributed by atoms with E-state index < -0.39 is 0 Å². The predicted octanol–water partition coefficient (Wildman–Crippen LogP) is 3.14. The number of hydrogen-bond donors (Lipinski definition) is 1. The van der Waals surface area contributed by atoms with Gasteiger partial charge in [0.1, 0.15) is 0 Å². The van der Waals surface area contributed by atoms with Crippen LogP contribution in [0.5, 0.6) is 0 Å². The molecule has 6 heteroatoms.